The number of amides is 1. The van der Waals surface area contributed by atoms with E-state index in [0.717, 1.165) is 45.0 Å². The van der Waals surface area contributed by atoms with Crippen molar-refractivity contribution in [3.63, 3.8) is 0 Å². The molecule has 0 aromatic heterocycles. The molecule has 1 amide bonds. The average molecular weight is 478 g/mol. The average Bonchev–Trinajstić information content (AvgIpc) is 2.76. The van der Waals surface area contributed by atoms with Gasteiger partial charge in [0.05, 0.1) is 17.2 Å². The van der Waals surface area contributed by atoms with Crippen LogP contribution in [0.2, 0.25) is 10.0 Å². The van der Waals surface area contributed by atoms with Crippen molar-refractivity contribution in [2.75, 3.05) is 39.8 Å². The fourth-order valence-electron chi connectivity index (χ4n) is 3.80. The molecule has 0 saturated carbocycles. The molecule has 1 atom stereocenters. The lowest BCUT2D eigenvalue weighted by Crippen LogP contribution is -2.54. The monoisotopic (exact) mass is 477 g/mol. The Morgan fingerprint density at radius 2 is 1.62 bits per heavy atom. The summed E-state index contributed by atoms with van der Waals surface area (Å²) < 4.78 is 5.19. The zero-order valence-electron chi connectivity index (χ0n) is 19.3. The third-order valence-electron chi connectivity index (χ3n) is 6.00. The minimum absolute atomic E-state index is 0.0405. The van der Waals surface area contributed by atoms with E-state index in [4.69, 9.17) is 27.9 Å². The van der Waals surface area contributed by atoms with Crippen molar-refractivity contribution in [3.8, 4) is 5.75 Å². The van der Waals surface area contributed by atoms with Crippen LogP contribution >= 0.6 is 23.2 Å². The lowest BCUT2D eigenvalue weighted by atomic mass is 9.86. The highest BCUT2D eigenvalue weighted by molar-refractivity contribution is 6.42. The second-order valence-electron chi connectivity index (χ2n) is 9.45. The number of carbonyl (C=O) groups excluding carboxylic acids is 1. The van der Waals surface area contributed by atoms with Crippen molar-refractivity contribution in [1.82, 2.24) is 15.1 Å². The molecule has 5 nitrogen and oxygen atoms in total. The molecule has 174 valence electrons. The maximum atomic E-state index is 12.9. The van der Waals surface area contributed by atoms with Gasteiger partial charge >= 0.3 is 0 Å². The smallest absolute Gasteiger partial charge is 0.251 e. The Kier molecular flexibility index (Phi) is 8.45. The standard InChI is InChI=1S/C25H33Cl2N3O2/c1-25(2,3)23(28-24(31)19-6-8-20(32-4)9-7-19)17-30-13-11-29(12-14-30)16-18-5-10-21(26)22(27)15-18/h5-10,15,23H,11-14,16-17H2,1-4H3,(H,28,31)/t23-/m0/s1. The topological polar surface area (TPSA) is 44.8 Å². The number of piperazine rings is 1. The van der Waals surface area contributed by atoms with Gasteiger partial charge in [0, 0.05) is 50.9 Å². The van der Waals surface area contributed by atoms with Gasteiger partial charge in [-0.25, -0.2) is 0 Å². The maximum Gasteiger partial charge on any atom is 0.251 e. The van der Waals surface area contributed by atoms with Gasteiger partial charge in [-0.1, -0.05) is 50.0 Å². The van der Waals surface area contributed by atoms with Gasteiger partial charge in [0.15, 0.2) is 0 Å². The van der Waals surface area contributed by atoms with Crippen LogP contribution in [0.3, 0.4) is 0 Å². The van der Waals surface area contributed by atoms with Crippen LogP contribution in [0.15, 0.2) is 42.5 Å². The van der Waals surface area contributed by atoms with E-state index in [2.05, 4.69) is 35.9 Å². The molecule has 2 aromatic rings. The highest BCUT2D eigenvalue weighted by Gasteiger charge is 2.30. The molecule has 0 radical (unpaired) electrons. The quantitative estimate of drug-likeness (QED) is 0.611. The van der Waals surface area contributed by atoms with Gasteiger partial charge in [0.2, 0.25) is 0 Å². The molecule has 1 fully saturated rings. The number of nitrogens with zero attached hydrogens (tertiary/aromatic N) is 2. The van der Waals surface area contributed by atoms with Crippen LogP contribution in [0.5, 0.6) is 5.75 Å². The second kappa shape index (κ2) is 10.9. The van der Waals surface area contributed by atoms with Crippen molar-refractivity contribution in [1.29, 1.82) is 0 Å². The van der Waals surface area contributed by atoms with E-state index < -0.39 is 0 Å². The third kappa shape index (κ3) is 6.85. The predicted octanol–water partition coefficient (Wildman–Crippen LogP) is 4.96. The summed E-state index contributed by atoms with van der Waals surface area (Å²) in [6, 6.07) is 13.1. The minimum atomic E-state index is -0.0562. The van der Waals surface area contributed by atoms with Crippen molar-refractivity contribution >= 4 is 29.1 Å². The van der Waals surface area contributed by atoms with E-state index in [1.165, 1.54) is 5.56 Å². The molecule has 0 spiro atoms. The SMILES string of the molecule is COc1ccc(C(=O)N[C@@H](CN2CCN(Cc3ccc(Cl)c(Cl)c3)CC2)C(C)(C)C)cc1. The molecule has 3 rings (SSSR count). The molecule has 1 heterocycles. The number of nitrogens with one attached hydrogen (secondary N) is 1. The van der Waals surface area contributed by atoms with Crippen molar-refractivity contribution in [2.24, 2.45) is 5.41 Å². The Hall–Kier alpha value is -1.79. The Morgan fingerprint density at radius 1 is 1.00 bits per heavy atom. The van der Waals surface area contributed by atoms with Crippen LogP contribution in [0, 0.1) is 5.41 Å². The molecule has 32 heavy (non-hydrogen) atoms. The first-order valence-electron chi connectivity index (χ1n) is 11.0. The zero-order chi connectivity index (χ0) is 23.3. The van der Waals surface area contributed by atoms with Crippen molar-refractivity contribution in [2.45, 2.75) is 33.4 Å². The predicted molar refractivity (Wildman–Crippen MR) is 132 cm³/mol. The van der Waals surface area contributed by atoms with Gasteiger partial charge in [-0.15, -0.1) is 0 Å². The van der Waals surface area contributed by atoms with Crippen LogP contribution in [0.4, 0.5) is 0 Å². The minimum Gasteiger partial charge on any atom is -0.497 e. The van der Waals surface area contributed by atoms with Crippen LogP contribution in [-0.4, -0.2) is 61.6 Å². The summed E-state index contributed by atoms with van der Waals surface area (Å²) in [7, 11) is 1.62. The first kappa shape index (κ1) is 24.8. The fourth-order valence-corrected chi connectivity index (χ4v) is 4.13. The molecular weight excluding hydrogens is 445 g/mol. The first-order valence-corrected chi connectivity index (χ1v) is 11.7. The molecular formula is C25H33Cl2N3O2. The van der Waals surface area contributed by atoms with E-state index in [-0.39, 0.29) is 17.4 Å². The summed E-state index contributed by atoms with van der Waals surface area (Å²) in [6.07, 6.45) is 0. The number of hydrogen-bond acceptors (Lipinski definition) is 4. The number of rotatable bonds is 7. The number of ether oxygens (including phenoxy) is 1. The number of benzene rings is 2. The molecule has 1 N–H and O–H groups in total. The highest BCUT2D eigenvalue weighted by atomic mass is 35.5. The lowest BCUT2D eigenvalue weighted by molar-refractivity contribution is 0.0790. The zero-order valence-corrected chi connectivity index (χ0v) is 20.8. The van der Waals surface area contributed by atoms with Gasteiger partial charge in [0.1, 0.15) is 5.75 Å². The van der Waals surface area contributed by atoms with E-state index in [9.17, 15) is 4.79 Å². The normalized spacial score (nSPS) is 16.6. The molecule has 0 unspecified atom stereocenters. The van der Waals surface area contributed by atoms with Crippen LogP contribution < -0.4 is 10.1 Å². The van der Waals surface area contributed by atoms with Gasteiger partial charge < -0.3 is 10.1 Å². The number of carbonyl (C=O) groups is 1. The largest absolute Gasteiger partial charge is 0.497 e. The third-order valence-corrected chi connectivity index (χ3v) is 6.74. The van der Waals surface area contributed by atoms with Crippen molar-refractivity contribution < 1.29 is 9.53 Å². The first-order chi connectivity index (χ1) is 15.2. The second-order valence-corrected chi connectivity index (χ2v) is 10.3. The highest BCUT2D eigenvalue weighted by Crippen LogP contribution is 2.24. The molecule has 1 aliphatic heterocycles. The molecule has 2 aromatic carbocycles. The summed E-state index contributed by atoms with van der Waals surface area (Å²) in [6.45, 7) is 12.1. The van der Waals surface area contributed by atoms with E-state index >= 15 is 0 Å². The Morgan fingerprint density at radius 3 is 2.19 bits per heavy atom. The van der Waals surface area contributed by atoms with Crippen LogP contribution in [-0.2, 0) is 6.54 Å². The summed E-state index contributed by atoms with van der Waals surface area (Å²) in [4.78, 5) is 17.7. The van der Waals surface area contributed by atoms with E-state index in [1.807, 2.05) is 30.3 Å². The molecule has 0 aliphatic carbocycles. The summed E-state index contributed by atoms with van der Waals surface area (Å²) in [5.74, 6) is 0.693. The van der Waals surface area contributed by atoms with Gasteiger partial charge in [0.25, 0.3) is 5.91 Å². The van der Waals surface area contributed by atoms with Crippen molar-refractivity contribution in [3.05, 3.63) is 63.6 Å². The maximum absolute atomic E-state index is 12.9. The van der Waals surface area contributed by atoms with Gasteiger partial charge in [-0.2, -0.15) is 0 Å². The molecule has 1 saturated heterocycles. The summed E-state index contributed by atoms with van der Waals surface area (Å²) >= 11 is 12.2. The number of hydrogen-bond donors (Lipinski definition) is 1. The molecule has 0 bridgehead atoms. The fraction of sp³-hybridized carbons (Fsp3) is 0.480. The van der Waals surface area contributed by atoms with Gasteiger partial charge in [-0.3, -0.25) is 14.6 Å². The van der Waals surface area contributed by atoms with Crippen LogP contribution in [0.25, 0.3) is 0 Å². The Labute approximate surface area is 201 Å². The Balaban J connectivity index is 1.54. The summed E-state index contributed by atoms with van der Waals surface area (Å²) in [5, 5.41) is 4.45. The lowest BCUT2D eigenvalue weighted by Gasteiger charge is -2.40. The van der Waals surface area contributed by atoms with Gasteiger partial charge in [-0.05, 0) is 47.4 Å². The molecule has 1 aliphatic rings. The van der Waals surface area contributed by atoms with E-state index in [0.29, 0.717) is 15.6 Å². The Bertz CT molecular complexity index is 904. The number of halogens is 2. The molecule has 7 heteroatoms. The number of methoxy groups -OCH3 is 1. The van der Waals surface area contributed by atoms with Crippen LogP contribution in [0.1, 0.15) is 36.7 Å². The summed E-state index contributed by atoms with van der Waals surface area (Å²) in [5.41, 5.74) is 1.76. The van der Waals surface area contributed by atoms with E-state index in [1.54, 1.807) is 19.2 Å².